The summed E-state index contributed by atoms with van der Waals surface area (Å²) in [5.41, 5.74) is 0.355. The first-order valence-corrected chi connectivity index (χ1v) is 8.14. The van der Waals surface area contributed by atoms with Gasteiger partial charge < -0.3 is 10.1 Å². The molecule has 2 unspecified atom stereocenters. The van der Waals surface area contributed by atoms with Crippen LogP contribution in [0.1, 0.15) is 59.2 Å². The van der Waals surface area contributed by atoms with E-state index in [4.69, 9.17) is 4.74 Å². The zero-order valence-corrected chi connectivity index (χ0v) is 14.1. The number of nitrogens with zero attached hydrogens (tertiary/aromatic N) is 2. The molecule has 118 valence electrons. The molecular weight excluding hydrogens is 262 g/mol. The Hall–Kier alpha value is -1.32. The van der Waals surface area contributed by atoms with Crippen LogP contribution < -0.4 is 10.1 Å². The van der Waals surface area contributed by atoms with Gasteiger partial charge in [0.25, 0.3) is 0 Å². The van der Waals surface area contributed by atoms with Gasteiger partial charge in [0.05, 0.1) is 0 Å². The van der Waals surface area contributed by atoms with Crippen molar-refractivity contribution in [3.8, 4) is 5.88 Å². The Kier molecular flexibility index (Phi) is 5.07. The summed E-state index contributed by atoms with van der Waals surface area (Å²) in [4.78, 5) is 8.84. The predicted molar refractivity (Wildman–Crippen MR) is 86.8 cm³/mol. The molecule has 1 N–H and O–H groups in total. The second-order valence-electron chi connectivity index (χ2n) is 7.22. The molecule has 1 heterocycles. The van der Waals surface area contributed by atoms with Crippen LogP contribution in [0.5, 0.6) is 5.88 Å². The van der Waals surface area contributed by atoms with Crippen molar-refractivity contribution in [1.82, 2.24) is 9.97 Å². The molecule has 1 aromatic heterocycles. The lowest BCUT2D eigenvalue weighted by atomic mass is 9.71. The predicted octanol–water partition coefficient (Wildman–Crippen LogP) is 4.20. The topological polar surface area (TPSA) is 47.0 Å². The summed E-state index contributed by atoms with van der Waals surface area (Å²) in [5.74, 6) is 3.03. The third-order valence-electron chi connectivity index (χ3n) is 4.00. The highest BCUT2D eigenvalue weighted by Gasteiger charge is 2.33. The SMILES string of the molecule is CCCNc1cc(OC2CC(C)CC(C)(C)C2)nc(C)n1. The zero-order valence-electron chi connectivity index (χ0n) is 14.1. The normalized spacial score (nSPS) is 24.6. The molecule has 1 fully saturated rings. The minimum absolute atomic E-state index is 0.261. The highest BCUT2D eigenvalue weighted by atomic mass is 16.5. The standard InChI is InChI=1S/C17H29N3O/c1-6-7-18-15-9-16(20-13(3)19-15)21-14-8-12(2)10-17(4,5)11-14/h9,12,14H,6-8,10-11H2,1-5H3,(H,18,19,20). The molecule has 1 saturated carbocycles. The molecule has 21 heavy (non-hydrogen) atoms. The molecule has 4 nitrogen and oxygen atoms in total. The second-order valence-corrected chi connectivity index (χ2v) is 7.22. The van der Waals surface area contributed by atoms with E-state index in [1.54, 1.807) is 0 Å². The molecule has 1 aliphatic carbocycles. The fraction of sp³-hybridized carbons (Fsp3) is 0.765. The number of anilines is 1. The molecule has 1 aromatic rings. The lowest BCUT2D eigenvalue weighted by Gasteiger charge is -2.38. The number of hydrogen-bond acceptors (Lipinski definition) is 4. The van der Waals surface area contributed by atoms with E-state index in [0.29, 0.717) is 17.2 Å². The van der Waals surface area contributed by atoms with Gasteiger partial charge in [-0.1, -0.05) is 27.7 Å². The first-order chi connectivity index (χ1) is 9.88. The van der Waals surface area contributed by atoms with E-state index >= 15 is 0 Å². The first-order valence-electron chi connectivity index (χ1n) is 8.14. The molecule has 0 bridgehead atoms. The third kappa shape index (κ3) is 4.87. The van der Waals surface area contributed by atoms with E-state index < -0.39 is 0 Å². The average Bonchev–Trinajstić information content (AvgIpc) is 2.33. The highest BCUT2D eigenvalue weighted by molar-refractivity contribution is 5.38. The van der Waals surface area contributed by atoms with E-state index in [2.05, 4.69) is 43.0 Å². The van der Waals surface area contributed by atoms with Gasteiger partial charge in [0, 0.05) is 12.6 Å². The fourth-order valence-electron chi connectivity index (χ4n) is 3.46. The van der Waals surface area contributed by atoms with E-state index in [-0.39, 0.29) is 6.10 Å². The molecule has 1 aliphatic rings. The number of ether oxygens (including phenoxy) is 1. The molecule has 0 radical (unpaired) electrons. The lowest BCUT2D eigenvalue weighted by Crippen LogP contribution is -2.34. The van der Waals surface area contributed by atoms with Gasteiger partial charge in [-0.15, -0.1) is 0 Å². The van der Waals surface area contributed by atoms with Crippen molar-refractivity contribution in [2.75, 3.05) is 11.9 Å². The van der Waals surface area contributed by atoms with Crippen LogP contribution in [0, 0.1) is 18.3 Å². The van der Waals surface area contributed by atoms with Crippen molar-refractivity contribution < 1.29 is 4.74 Å². The Labute approximate surface area is 128 Å². The van der Waals surface area contributed by atoms with Crippen LogP contribution in [0.25, 0.3) is 0 Å². The van der Waals surface area contributed by atoms with Gasteiger partial charge in [0.2, 0.25) is 5.88 Å². The van der Waals surface area contributed by atoms with Crippen molar-refractivity contribution in [2.24, 2.45) is 11.3 Å². The molecule has 4 heteroatoms. The maximum atomic E-state index is 6.17. The summed E-state index contributed by atoms with van der Waals surface area (Å²) in [6.07, 6.45) is 4.83. The van der Waals surface area contributed by atoms with Crippen LogP contribution >= 0.6 is 0 Å². The lowest BCUT2D eigenvalue weighted by molar-refractivity contribution is 0.0531. The van der Waals surface area contributed by atoms with Gasteiger partial charge in [-0.05, 0) is 43.9 Å². The number of nitrogens with one attached hydrogen (secondary N) is 1. The Bertz CT molecular complexity index is 473. The smallest absolute Gasteiger partial charge is 0.218 e. The van der Waals surface area contributed by atoms with E-state index in [9.17, 15) is 0 Å². The molecule has 0 aromatic carbocycles. The second kappa shape index (κ2) is 6.63. The van der Waals surface area contributed by atoms with Crippen molar-refractivity contribution in [3.05, 3.63) is 11.9 Å². The van der Waals surface area contributed by atoms with Crippen molar-refractivity contribution in [3.63, 3.8) is 0 Å². The number of aryl methyl sites for hydroxylation is 1. The number of hydrogen-bond donors (Lipinski definition) is 1. The highest BCUT2D eigenvalue weighted by Crippen LogP contribution is 2.39. The molecule has 0 amide bonds. The Morgan fingerprint density at radius 1 is 1.33 bits per heavy atom. The van der Waals surface area contributed by atoms with Crippen molar-refractivity contribution >= 4 is 5.82 Å². The molecular formula is C17H29N3O. The number of aromatic nitrogens is 2. The van der Waals surface area contributed by atoms with Crippen LogP contribution in [0.2, 0.25) is 0 Å². The molecule has 0 aliphatic heterocycles. The van der Waals surface area contributed by atoms with Gasteiger partial charge in [0.15, 0.2) is 0 Å². The maximum Gasteiger partial charge on any atom is 0.218 e. The van der Waals surface area contributed by atoms with E-state index in [1.807, 2.05) is 13.0 Å². The summed E-state index contributed by atoms with van der Waals surface area (Å²) in [6, 6.07) is 1.93. The van der Waals surface area contributed by atoms with E-state index in [0.717, 1.165) is 37.4 Å². The number of rotatable bonds is 5. The van der Waals surface area contributed by atoms with Crippen LogP contribution in [0.15, 0.2) is 6.07 Å². The summed E-state index contributed by atoms with van der Waals surface area (Å²) in [6.45, 7) is 12.0. The Balaban J connectivity index is 2.06. The minimum Gasteiger partial charge on any atom is -0.474 e. The summed E-state index contributed by atoms with van der Waals surface area (Å²) in [7, 11) is 0. The van der Waals surface area contributed by atoms with Crippen LogP contribution in [-0.2, 0) is 0 Å². The van der Waals surface area contributed by atoms with Gasteiger partial charge in [-0.25, -0.2) is 4.98 Å². The summed E-state index contributed by atoms with van der Waals surface area (Å²) in [5, 5.41) is 3.31. The zero-order chi connectivity index (χ0) is 15.5. The van der Waals surface area contributed by atoms with Gasteiger partial charge in [-0.3, -0.25) is 0 Å². The van der Waals surface area contributed by atoms with Gasteiger partial charge in [0.1, 0.15) is 17.7 Å². The summed E-state index contributed by atoms with van der Waals surface area (Å²) < 4.78 is 6.17. The summed E-state index contributed by atoms with van der Waals surface area (Å²) >= 11 is 0. The first kappa shape index (κ1) is 16.1. The minimum atomic E-state index is 0.261. The van der Waals surface area contributed by atoms with Crippen LogP contribution in [0.4, 0.5) is 5.82 Å². The Morgan fingerprint density at radius 3 is 2.76 bits per heavy atom. The van der Waals surface area contributed by atoms with Crippen LogP contribution in [-0.4, -0.2) is 22.6 Å². The van der Waals surface area contributed by atoms with Gasteiger partial charge in [-0.2, -0.15) is 4.98 Å². The monoisotopic (exact) mass is 291 g/mol. The Morgan fingerprint density at radius 2 is 2.10 bits per heavy atom. The van der Waals surface area contributed by atoms with E-state index in [1.165, 1.54) is 6.42 Å². The molecule has 2 rings (SSSR count). The third-order valence-corrected chi connectivity index (χ3v) is 4.00. The van der Waals surface area contributed by atoms with Gasteiger partial charge >= 0.3 is 0 Å². The van der Waals surface area contributed by atoms with Crippen molar-refractivity contribution in [1.29, 1.82) is 0 Å². The van der Waals surface area contributed by atoms with Crippen LogP contribution in [0.3, 0.4) is 0 Å². The quantitative estimate of drug-likeness (QED) is 0.883. The van der Waals surface area contributed by atoms with Crippen molar-refractivity contribution in [2.45, 2.75) is 66.4 Å². The maximum absolute atomic E-state index is 6.17. The average molecular weight is 291 g/mol. The molecule has 0 saturated heterocycles. The molecule has 2 atom stereocenters. The molecule has 0 spiro atoms. The largest absolute Gasteiger partial charge is 0.474 e. The fourth-order valence-corrected chi connectivity index (χ4v) is 3.46.